The summed E-state index contributed by atoms with van der Waals surface area (Å²) in [7, 11) is 0. The molecule has 2 aliphatic heterocycles. The molecule has 25 heavy (non-hydrogen) atoms. The highest BCUT2D eigenvalue weighted by Gasteiger charge is 2.32. The molecule has 1 fully saturated rings. The highest BCUT2D eigenvalue weighted by molar-refractivity contribution is 9.10. The van der Waals surface area contributed by atoms with E-state index in [1.165, 1.54) is 11.8 Å². The van der Waals surface area contributed by atoms with Crippen LogP contribution < -0.4 is 9.47 Å². The van der Waals surface area contributed by atoms with Gasteiger partial charge in [-0.1, -0.05) is 64.2 Å². The van der Waals surface area contributed by atoms with Crippen LogP contribution >= 0.6 is 39.9 Å². The molecule has 1 saturated heterocycles. The number of hydrogen-bond acceptors (Lipinski definition) is 5. The van der Waals surface area contributed by atoms with Gasteiger partial charge in [0, 0.05) is 4.47 Å². The van der Waals surface area contributed by atoms with Crippen LogP contribution in [0.15, 0.2) is 51.8 Å². The number of carbonyl (C=O) groups is 1. The summed E-state index contributed by atoms with van der Waals surface area (Å²) in [6.07, 6.45) is 1.86. The number of benzene rings is 2. The smallest absolute Gasteiger partial charge is 0.266 e. The number of hydrogen-bond donors (Lipinski definition) is 0. The van der Waals surface area contributed by atoms with Crippen molar-refractivity contribution in [1.82, 2.24) is 4.90 Å². The van der Waals surface area contributed by atoms with Gasteiger partial charge in [0.25, 0.3) is 5.91 Å². The van der Waals surface area contributed by atoms with Crippen molar-refractivity contribution in [2.75, 3.05) is 6.79 Å². The molecule has 0 atom stereocenters. The van der Waals surface area contributed by atoms with Crippen molar-refractivity contribution in [3.63, 3.8) is 0 Å². The third-order valence-corrected chi connectivity index (χ3v) is 5.94. The summed E-state index contributed by atoms with van der Waals surface area (Å²) in [4.78, 5) is 15.0. The molecule has 2 aliphatic rings. The van der Waals surface area contributed by atoms with Gasteiger partial charge in [0.2, 0.25) is 6.79 Å². The standard InChI is InChI=1S/C18H12BrNO3S2/c19-13-4-2-1-3-12(13)8-16-17(21)20(18(24)25-16)9-11-5-6-14-15(7-11)23-10-22-14/h1-8H,9-10H2/b16-8-. The first-order valence-electron chi connectivity index (χ1n) is 7.50. The summed E-state index contributed by atoms with van der Waals surface area (Å²) >= 11 is 10.2. The molecule has 2 heterocycles. The molecular weight excluding hydrogens is 422 g/mol. The predicted molar refractivity (Wildman–Crippen MR) is 105 cm³/mol. The molecule has 4 rings (SSSR count). The summed E-state index contributed by atoms with van der Waals surface area (Å²) in [6.45, 7) is 0.642. The molecule has 0 saturated carbocycles. The van der Waals surface area contributed by atoms with E-state index in [2.05, 4.69) is 15.9 Å². The van der Waals surface area contributed by atoms with Gasteiger partial charge >= 0.3 is 0 Å². The van der Waals surface area contributed by atoms with E-state index in [-0.39, 0.29) is 12.7 Å². The van der Waals surface area contributed by atoms with Crippen LogP contribution in [0.4, 0.5) is 0 Å². The minimum atomic E-state index is -0.0802. The van der Waals surface area contributed by atoms with Gasteiger partial charge < -0.3 is 9.47 Å². The van der Waals surface area contributed by atoms with Crippen molar-refractivity contribution in [2.24, 2.45) is 0 Å². The average molecular weight is 434 g/mol. The number of fused-ring (bicyclic) bond motifs is 1. The average Bonchev–Trinajstić information content (AvgIpc) is 3.17. The Morgan fingerprint density at radius 3 is 2.84 bits per heavy atom. The first-order chi connectivity index (χ1) is 12.1. The lowest BCUT2D eigenvalue weighted by molar-refractivity contribution is -0.122. The quantitative estimate of drug-likeness (QED) is 0.523. The molecular formula is C18H12BrNO3S2. The van der Waals surface area contributed by atoms with E-state index in [0.29, 0.717) is 21.5 Å². The second-order valence-electron chi connectivity index (χ2n) is 5.48. The topological polar surface area (TPSA) is 38.8 Å². The second-order valence-corrected chi connectivity index (χ2v) is 8.01. The Labute approximate surface area is 162 Å². The molecule has 7 heteroatoms. The molecule has 0 N–H and O–H groups in total. The fourth-order valence-electron chi connectivity index (χ4n) is 2.59. The van der Waals surface area contributed by atoms with Crippen LogP contribution in [-0.2, 0) is 11.3 Å². The fraction of sp³-hybridized carbons (Fsp3) is 0.111. The van der Waals surface area contributed by atoms with Crippen molar-refractivity contribution >= 4 is 56.2 Å². The van der Waals surface area contributed by atoms with E-state index >= 15 is 0 Å². The van der Waals surface area contributed by atoms with Crippen molar-refractivity contribution in [2.45, 2.75) is 6.54 Å². The highest BCUT2D eigenvalue weighted by atomic mass is 79.9. The summed E-state index contributed by atoms with van der Waals surface area (Å²) in [5.41, 5.74) is 1.90. The van der Waals surface area contributed by atoms with Gasteiger partial charge in [-0.25, -0.2) is 0 Å². The normalized spacial score (nSPS) is 17.6. The van der Waals surface area contributed by atoms with E-state index in [1.807, 2.05) is 48.5 Å². The first-order valence-corrected chi connectivity index (χ1v) is 9.52. The van der Waals surface area contributed by atoms with Gasteiger partial charge in [0.1, 0.15) is 4.32 Å². The Bertz CT molecular complexity index is 913. The maximum Gasteiger partial charge on any atom is 0.266 e. The second kappa shape index (κ2) is 6.82. The van der Waals surface area contributed by atoms with Gasteiger partial charge in [0.15, 0.2) is 11.5 Å². The molecule has 0 aliphatic carbocycles. The third-order valence-electron chi connectivity index (χ3n) is 3.84. The molecule has 2 aromatic rings. The molecule has 2 aromatic carbocycles. The molecule has 0 aromatic heterocycles. The van der Waals surface area contributed by atoms with Crippen LogP contribution in [-0.4, -0.2) is 21.9 Å². The van der Waals surface area contributed by atoms with Crippen LogP contribution in [0.2, 0.25) is 0 Å². The van der Waals surface area contributed by atoms with Crippen LogP contribution in [0.5, 0.6) is 11.5 Å². The molecule has 0 bridgehead atoms. The summed E-state index contributed by atoms with van der Waals surface area (Å²) in [5, 5.41) is 0. The Balaban J connectivity index is 1.56. The van der Waals surface area contributed by atoms with Crippen molar-refractivity contribution in [3.05, 3.63) is 63.0 Å². The lowest BCUT2D eigenvalue weighted by Gasteiger charge is -2.14. The number of thioether (sulfide) groups is 1. The Kier molecular flexibility index (Phi) is 4.54. The maximum absolute atomic E-state index is 12.7. The van der Waals surface area contributed by atoms with E-state index in [9.17, 15) is 4.79 Å². The van der Waals surface area contributed by atoms with Gasteiger partial charge in [-0.05, 0) is 35.4 Å². The van der Waals surface area contributed by atoms with Gasteiger partial charge in [-0.15, -0.1) is 0 Å². The molecule has 1 amide bonds. The molecule has 0 radical (unpaired) electrons. The number of ether oxygens (including phenoxy) is 2. The zero-order valence-electron chi connectivity index (χ0n) is 12.9. The zero-order chi connectivity index (χ0) is 17.4. The fourth-order valence-corrected chi connectivity index (χ4v) is 4.24. The monoisotopic (exact) mass is 433 g/mol. The van der Waals surface area contributed by atoms with Crippen molar-refractivity contribution in [3.8, 4) is 11.5 Å². The Morgan fingerprint density at radius 2 is 2.00 bits per heavy atom. The number of amides is 1. The van der Waals surface area contributed by atoms with Crippen LogP contribution in [0.1, 0.15) is 11.1 Å². The number of thiocarbonyl (C=S) groups is 1. The van der Waals surface area contributed by atoms with Crippen LogP contribution in [0.3, 0.4) is 0 Å². The maximum atomic E-state index is 12.7. The van der Waals surface area contributed by atoms with Crippen LogP contribution in [0, 0.1) is 0 Å². The lowest BCUT2D eigenvalue weighted by Crippen LogP contribution is -2.27. The van der Waals surface area contributed by atoms with E-state index in [4.69, 9.17) is 21.7 Å². The highest BCUT2D eigenvalue weighted by Crippen LogP contribution is 2.37. The van der Waals surface area contributed by atoms with E-state index in [1.54, 1.807) is 4.90 Å². The zero-order valence-corrected chi connectivity index (χ0v) is 16.1. The number of rotatable bonds is 3. The SMILES string of the molecule is O=C1/C(=C/c2ccccc2Br)SC(=S)N1Cc1ccc2c(c1)OCO2. The van der Waals surface area contributed by atoms with Crippen LogP contribution in [0.25, 0.3) is 6.08 Å². The first kappa shape index (κ1) is 16.6. The van der Waals surface area contributed by atoms with Gasteiger partial charge in [-0.3, -0.25) is 9.69 Å². The molecule has 4 nitrogen and oxygen atoms in total. The summed E-state index contributed by atoms with van der Waals surface area (Å²) in [5.74, 6) is 1.35. The van der Waals surface area contributed by atoms with Gasteiger partial charge in [0.05, 0.1) is 11.4 Å². The third kappa shape index (κ3) is 3.31. The lowest BCUT2D eigenvalue weighted by atomic mass is 10.2. The van der Waals surface area contributed by atoms with Crippen molar-refractivity contribution in [1.29, 1.82) is 0 Å². The number of nitrogens with zero attached hydrogens (tertiary/aromatic N) is 1. The Hall–Kier alpha value is -1.83. The minimum Gasteiger partial charge on any atom is -0.454 e. The predicted octanol–water partition coefficient (Wildman–Crippen LogP) is 4.58. The number of carbonyl (C=O) groups excluding carboxylic acids is 1. The summed E-state index contributed by atoms with van der Waals surface area (Å²) in [6, 6.07) is 13.4. The van der Waals surface area contributed by atoms with E-state index < -0.39 is 0 Å². The molecule has 0 unspecified atom stereocenters. The van der Waals surface area contributed by atoms with E-state index in [0.717, 1.165) is 21.3 Å². The largest absolute Gasteiger partial charge is 0.454 e. The van der Waals surface area contributed by atoms with Gasteiger partial charge in [-0.2, -0.15) is 0 Å². The molecule has 126 valence electrons. The minimum absolute atomic E-state index is 0.0802. The number of halogens is 1. The van der Waals surface area contributed by atoms with Crippen molar-refractivity contribution < 1.29 is 14.3 Å². The Morgan fingerprint density at radius 1 is 1.20 bits per heavy atom. The summed E-state index contributed by atoms with van der Waals surface area (Å²) < 4.78 is 12.2. The molecule has 0 spiro atoms.